The van der Waals surface area contributed by atoms with Crippen molar-refractivity contribution in [1.29, 1.82) is 0 Å². The van der Waals surface area contributed by atoms with Gasteiger partial charge < -0.3 is 9.47 Å². The number of nitrogens with one attached hydrogen (secondary N) is 1. The van der Waals surface area contributed by atoms with E-state index in [0.29, 0.717) is 32.8 Å². The average Bonchev–Trinajstić information content (AvgIpc) is 2.77. The Hall–Kier alpha value is -4.52. The number of carbonyl (C=O) groups is 4. The minimum Gasteiger partial charge on any atom is -0.423 e. The Morgan fingerprint density at radius 1 is 0.727 bits per heavy atom. The number of carbonyl (C=O) groups excluding carboxylic acids is 4. The van der Waals surface area contributed by atoms with Crippen molar-refractivity contribution in [2.75, 3.05) is 0 Å². The van der Waals surface area contributed by atoms with Gasteiger partial charge in [-0.3, -0.25) is 24.5 Å². The topological polar surface area (TPSA) is 98.8 Å². The highest BCUT2D eigenvalue weighted by Crippen LogP contribution is 2.47. The lowest BCUT2D eigenvalue weighted by Gasteiger charge is -2.22. The molecule has 0 atom stereocenters. The molecule has 1 aliphatic heterocycles. The van der Waals surface area contributed by atoms with E-state index in [4.69, 9.17) is 9.47 Å². The van der Waals surface area contributed by atoms with Crippen molar-refractivity contribution in [2.45, 2.75) is 13.8 Å². The molecule has 162 valence electrons. The SMILES string of the molecule is CC(=O)Oc1cc2ccccc2c(-c2ccc3cccc4c3c2C(=O)NC4=O)c1OC(C)=O. The molecular weight excluding hydrogens is 422 g/mol. The summed E-state index contributed by atoms with van der Waals surface area (Å²) in [4.78, 5) is 49.4. The van der Waals surface area contributed by atoms with Crippen LogP contribution in [0.3, 0.4) is 0 Å². The van der Waals surface area contributed by atoms with E-state index in [2.05, 4.69) is 5.32 Å². The van der Waals surface area contributed by atoms with Gasteiger partial charge in [0.1, 0.15) is 0 Å². The molecular formula is C26H17NO6. The van der Waals surface area contributed by atoms with Gasteiger partial charge in [-0.25, -0.2) is 0 Å². The number of hydrogen-bond acceptors (Lipinski definition) is 6. The second kappa shape index (κ2) is 7.56. The Kier molecular flexibility index (Phi) is 4.67. The molecule has 5 rings (SSSR count). The molecule has 1 N–H and O–H groups in total. The van der Waals surface area contributed by atoms with Gasteiger partial charge in [-0.05, 0) is 33.9 Å². The lowest BCUT2D eigenvalue weighted by Crippen LogP contribution is -2.35. The maximum atomic E-state index is 13.1. The average molecular weight is 439 g/mol. The fourth-order valence-corrected chi connectivity index (χ4v) is 4.29. The summed E-state index contributed by atoms with van der Waals surface area (Å²) in [5.74, 6) is -2.16. The van der Waals surface area contributed by atoms with E-state index >= 15 is 0 Å². The molecule has 4 aromatic rings. The first-order chi connectivity index (χ1) is 15.8. The number of hydrogen-bond donors (Lipinski definition) is 1. The van der Waals surface area contributed by atoms with E-state index in [1.54, 1.807) is 30.3 Å². The predicted octanol–water partition coefficient (Wildman–Crippen LogP) is 4.39. The summed E-state index contributed by atoms with van der Waals surface area (Å²) in [7, 11) is 0. The number of rotatable bonds is 3. The third-order valence-electron chi connectivity index (χ3n) is 5.48. The molecule has 33 heavy (non-hydrogen) atoms. The fraction of sp³-hybridized carbons (Fsp3) is 0.0769. The van der Waals surface area contributed by atoms with Crippen molar-refractivity contribution in [2.24, 2.45) is 0 Å². The van der Waals surface area contributed by atoms with E-state index in [-0.39, 0.29) is 17.1 Å². The molecule has 1 heterocycles. The van der Waals surface area contributed by atoms with Crippen LogP contribution in [0.5, 0.6) is 11.5 Å². The molecule has 7 heteroatoms. The Bertz CT molecular complexity index is 1540. The van der Waals surface area contributed by atoms with Gasteiger partial charge in [-0.2, -0.15) is 0 Å². The van der Waals surface area contributed by atoms with E-state index in [1.165, 1.54) is 13.8 Å². The molecule has 0 aliphatic carbocycles. The van der Waals surface area contributed by atoms with Crippen LogP contribution in [0.25, 0.3) is 32.7 Å². The van der Waals surface area contributed by atoms with Gasteiger partial charge in [0.25, 0.3) is 11.8 Å². The quantitative estimate of drug-likeness (QED) is 0.289. The first-order valence-electron chi connectivity index (χ1n) is 10.2. The Balaban J connectivity index is 1.96. The van der Waals surface area contributed by atoms with E-state index in [9.17, 15) is 19.2 Å². The van der Waals surface area contributed by atoms with Gasteiger partial charge in [-0.15, -0.1) is 0 Å². The summed E-state index contributed by atoms with van der Waals surface area (Å²) in [6.07, 6.45) is 0. The first-order valence-corrected chi connectivity index (χ1v) is 10.2. The second-order valence-corrected chi connectivity index (χ2v) is 7.66. The number of esters is 2. The highest BCUT2D eigenvalue weighted by Gasteiger charge is 2.30. The molecule has 7 nitrogen and oxygen atoms in total. The van der Waals surface area contributed by atoms with Crippen LogP contribution >= 0.6 is 0 Å². The molecule has 0 saturated carbocycles. The lowest BCUT2D eigenvalue weighted by atomic mass is 9.86. The highest BCUT2D eigenvalue weighted by atomic mass is 16.6. The minimum absolute atomic E-state index is 0.0224. The second-order valence-electron chi connectivity index (χ2n) is 7.66. The van der Waals surface area contributed by atoms with Crippen LogP contribution in [-0.4, -0.2) is 23.8 Å². The molecule has 0 aromatic heterocycles. The zero-order valence-corrected chi connectivity index (χ0v) is 17.7. The minimum atomic E-state index is -0.616. The largest absolute Gasteiger partial charge is 0.423 e. The van der Waals surface area contributed by atoms with Gasteiger partial charge in [0.15, 0.2) is 11.5 Å². The molecule has 0 radical (unpaired) electrons. The number of amides is 2. The zero-order chi connectivity index (χ0) is 23.3. The summed E-state index contributed by atoms with van der Waals surface area (Å²) < 4.78 is 10.9. The van der Waals surface area contributed by atoms with Gasteiger partial charge in [0, 0.05) is 30.4 Å². The fourth-order valence-electron chi connectivity index (χ4n) is 4.29. The first kappa shape index (κ1) is 20.4. The van der Waals surface area contributed by atoms with Gasteiger partial charge >= 0.3 is 11.9 Å². The lowest BCUT2D eigenvalue weighted by molar-refractivity contribution is -0.134. The molecule has 2 amide bonds. The zero-order valence-electron chi connectivity index (χ0n) is 17.7. The normalized spacial score (nSPS) is 12.5. The van der Waals surface area contributed by atoms with E-state index in [1.807, 2.05) is 30.3 Å². The smallest absolute Gasteiger partial charge is 0.308 e. The molecule has 0 fully saturated rings. The van der Waals surface area contributed by atoms with Crippen LogP contribution in [0.2, 0.25) is 0 Å². The number of benzene rings is 4. The van der Waals surface area contributed by atoms with Crippen LogP contribution < -0.4 is 14.8 Å². The monoisotopic (exact) mass is 439 g/mol. The third kappa shape index (κ3) is 3.30. The van der Waals surface area contributed by atoms with Crippen molar-refractivity contribution >= 4 is 45.3 Å². The summed E-state index contributed by atoms with van der Waals surface area (Å²) in [5.41, 5.74) is 1.51. The van der Waals surface area contributed by atoms with Crippen LogP contribution in [0.1, 0.15) is 34.6 Å². The number of imide groups is 1. The molecule has 4 aromatic carbocycles. The Morgan fingerprint density at radius 2 is 1.45 bits per heavy atom. The Morgan fingerprint density at radius 3 is 2.21 bits per heavy atom. The molecule has 0 saturated heterocycles. The van der Waals surface area contributed by atoms with Crippen LogP contribution in [0.4, 0.5) is 0 Å². The van der Waals surface area contributed by atoms with Gasteiger partial charge in [0.05, 0.1) is 5.56 Å². The van der Waals surface area contributed by atoms with E-state index < -0.39 is 23.8 Å². The molecule has 1 aliphatic rings. The maximum absolute atomic E-state index is 13.1. The summed E-state index contributed by atoms with van der Waals surface area (Å²) >= 11 is 0. The van der Waals surface area contributed by atoms with Crippen molar-refractivity contribution in [3.8, 4) is 22.6 Å². The van der Waals surface area contributed by atoms with Crippen LogP contribution in [0.15, 0.2) is 60.7 Å². The summed E-state index contributed by atoms with van der Waals surface area (Å²) in [6, 6.07) is 17.7. The molecule has 0 bridgehead atoms. The highest BCUT2D eigenvalue weighted by molar-refractivity contribution is 6.28. The van der Waals surface area contributed by atoms with Crippen molar-refractivity contribution in [3.05, 3.63) is 71.8 Å². The number of fused-ring (bicyclic) bond motifs is 1. The summed E-state index contributed by atoms with van der Waals surface area (Å²) in [5, 5.41) is 5.03. The standard InChI is InChI=1S/C26H17NO6/c1-13(28)32-20-12-16-6-3-4-8-17(16)22(24(20)33-14(2)29)18-11-10-15-7-5-9-19-21(15)23(18)26(31)27-25(19)30/h3-12H,1-2H3,(H,27,30,31). The Labute approximate surface area is 187 Å². The number of ether oxygens (including phenoxy) is 2. The van der Waals surface area contributed by atoms with Gasteiger partial charge in [0.2, 0.25) is 0 Å². The van der Waals surface area contributed by atoms with Crippen LogP contribution in [-0.2, 0) is 9.59 Å². The van der Waals surface area contributed by atoms with Crippen LogP contribution in [0, 0.1) is 0 Å². The van der Waals surface area contributed by atoms with Crippen molar-refractivity contribution in [3.63, 3.8) is 0 Å². The van der Waals surface area contributed by atoms with Crippen molar-refractivity contribution < 1.29 is 28.7 Å². The third-order valence-corrected chi connectivity index (χ3v) is 5.48. The molecule has 0 spiro atoms. The van der Waals surface area contributed by atoms with E-state index in [0.717, 1.165) is 5.39 Å². The predicted molar refractivity (Wildman–Crippen MR) is 121 cm³/mol. The van der Waals surface area contributed by atoms with Gasteiger partial charge in [-0.1, -0.05) is 48.5 Å². The summed E-state index contributed by atoms with van der Waals surface area (Å²) in [6.45, 7) is 2.49. The maximum Gasteiger partial charge on any atom is 0.308 e. The van der Waals surface area contributed by atoms with Crippen molar-refractivity contribution in [1.82, 2.24) is 5.32 Å². The molecule has 0 unspecified atom stereocenters.